The van der Waals surface area contributed by atoms with Crippen LogP contribution in [0.15, 0.2) is 30.7 Å². The standard InChI is InChI=1S/C15H11F4N5O2/c16-10-6-21-14(22-7-10)24-4-3-23(8-12(24)25)13(26)9-1-2-11(20-5-9)15(17,18)19/h1-2,5-7H,3-4,8H2. The van der Waals surface area contributed by atoms with Gasteiger partial charge in [-0.1, -0.05) is 0 Å². The van der Waals surface area contributed by atoms with Crippen molar-refractivity contribution < 1.29 is 27.2 Å². The van der Waals surface area contributed by atoms with Crippen LogP contribution in [0.4, 0.5) is 23.5 Å². The van der Waals surface area contributed by atoms with Gasteiger partial charge in [-0.15, -0.1) is 0 Å². The molecule has 0 atom stereocenters. The first-order valence-corrected chi connectivity index (χ1v) is 7.36. The third kappa shape index (κ3) is 3.60. The number of hydrogen-bond donors (Lipinski definition) is 0. The Balaban J connectivity index is 1.69. The molecular formula is C15H11F4N5O2. The van der Waals surface area contributed by atoms with Crippen molar-refractivity contribution >= 4 is 17.8 Å². The summed E-state index contributed by atoms with van der Waals surface area (Å²) >= 11 is 0. The Labute approximate surface area is 144 Å². The van der Waals surface area contributed by atoms with E-state index in [1.54, 1.807) is 0 Å². The maximum atomic E-state index is 12.9. The highest BCUT2D eigenvalue weighted by atomic mass is 19.4. The summed E-state index contributed by atoms with van der Waals surface area (Å²) in [6, 6.07) is 1.72. The molecule has 26 heavy (non-hydrogen) atoms. The molecule has 0 aromatic carbocycles. The molecule has 3 heterocycles. The predicted molar refractivity (Wildman–Crippen MR) is 79.5 cm³/mol. The van der Waals surface area contributed by atoms with E-state index in [1.807, 2.05) is 0 Å². The number of piperazine rings is 1. The van der Waals surface area contributed by atoms with E-state index in [0.29, 0.717) is 6.07 Å². The third-order valence-electron chi connectivity index (χ3n) is 3.66. The summed E-state index contributed by atoms with van der Waals surface area (Å²) in [5, 5.41) is 0. The van der Waals surface area contributed by atoms with Gasteiger partial charge in [-0.3, -0.25) is 19.5 Å². The van der Waals surface area contributed by atoms with Crippen LogP contribution in [0.5, 0.6) is 0 Å². The molecule has 0 spiro atoms. The molecule has 0 radical (unpaired) electrons. The lowest BCUT2D eigenvalue weighted by Gasteiger charge is -2.33. The second-order valence-electron chi connectivity index (χ2n) is 5.40. The van der Waals surface area contributed by atoms with Crippen molar-refractivity contribution in [3.05, 3.63) is 47.8 Å². The summed E-state index contributed by atoms with van der Waals surface area (Å²) in [7, 11) is 0. The molecule has 0 bridgehead atoms. The second kappa shape index (κ2) is 6.65. The Bertz CT molecular complexity index is 823. The van der Waals surface area contributed by atoms with Gasteiger partial charge in [0.25, 0.3) is 5.91 Å². The molecule has 2 aromatic heterocycles. The van der Waals surface area contributed by atoms with Gasteiger partial charge in [0.15, 0.2) is 5.82 Å². The fourth-order valence-electron chi connectivity index (χ4n) is 2.37. The Kier molecular flexibility index (Phi) is 4.53. The van der Waals surface area contributed by atoms with E-state index in [2.05, 4.69) is 15.0 Å². The largest absolute Gasteiger partial charge is 0.433 e. The number of anilines is 1. The SMILES string of the molecule is O=C(c1ccc(C(F)(F)F)nc1)N1CCN(c2ncc(F)cn2)C(=O)C1. The van der Waals surface area contributed by atoms with Gasteiger partial charge >= 0.3 is 6.18 Å². The van der Waals surface area contributed by atoms with Crippen molar-refractivity contribution in [2.75, 3.05) is 24.5 Å². The second-order valence-corrected chi connectivity index (χ2v) is 5.40. The molecule has 7 nitrogen and oxygen atoms in total. The van der Waals surface area contributed by atoms with Crippen LogP contribution in [0, 0.1) is 5.82 Å². The van der Waals surface area contributed by atoms with Gasteiger partial charge in [0.05, 0.1) is 18.0 Å². The number of nitrogens with zero attached hydrogens (tertiary/aromatic N) is 5. The number of carbonyl (C=O) groups is 2. The lowest BCUT2D eigenvalue weighted by Crippen LogP contribution is -2.52. The topological polar surface area (TPSA) is 79.3 Å². The molecule has 1 aliphatic rings. The summed E-state index contributed by atoms with van der Waals surface area (Å²) in [4.78, 5) is 37.6. The first-order chi connectivity index (χ1) is 12.3. The van der Waals surface area contributed by atoms with Crippen LogP contribution in [-0.2, 0) is 11.0 Å². The molecule has 1 fully saturated rings. The number of aromatic nitrogens is 3. The van der Waals surface area contributed by atoms with Crippen LogP contribution in [0.2, 0.25) is 0 Å². The van der Waals surface area contributed by atoms with Crippen molar-refractivity contribution in [2.45, 2.75) is 6.18 Å². The smallest absolute Gasteiger partial charge is 0.327 e. The molecule has 3 rings (SSSR count). The molecule has 1 saturated heterocycles. The highest BCUT2D eigenvalue weighted by Crippen LogP contribution is 2.27. The summed E-state index contributed by atoms with van der Waals surface area (Å²) in [5.74, 6) is -1.74. The number of carbonyl (C=O) groups excluding carboxylic acids is 2. The highest BCUT2D eigenvalue weighted by molar-refractivity contribution is 6.00. The monoisotopic (exact) mass is 369 g/mol. The lowest BCUT2D eigenvalue weighted by atomic mass is 10.2. The predicted octanol–water partition coefficient (Wildman–Crippen LogP) is 1.52. The van der Waals surface area contributed by atoms with Crippen LogP contribution < -0.4 is 4.90 Å². The van der Waals surface area contributed by atoms with Gasteiger partial charge in [-0.25, -0.2) is 14.4 Å². The molecule has 2 amide bonds. The maximum Gasteiger partial charge on any atom is 0.433 e. The van der Waals surface area contributed by atoms with E-state index >= 15 is 0 Å². The molecule has 0 aliphatic carbocycles. The molecule has 136 valence electrons. The quantitative estimate of drug-likeness (QED) is 0.750. The minimum atomic E-state index is -4.60. The Morgan fingerprint density at radius 1 is 1.04 bits per heavy atom. The summed E-state index contributed by atoms with van der Waals surface area (Å²) in [5.41, 5.74) is -1.17. The maximum absolute atomic E-state index is 12.9. The van der Waals surface area contributed by atoms with Gasteiger partial charge in [0, 0.05) is 19.3 Å². The number of alkyl halides is 3. The van der Waals surface area contributed by atoms with Crippen LogP contribution in [-0.4, -0.2) is 51.3 Å². The minimum absolute atomic E-state index is 0.0136. The molecule has 2 aromatic rings. The van der Waals surface area contributed by atoms with Crippen molar-refractivity contribution in [1.29, 1.82) is 0 Å². The van der Waals surface area contributed by atoms with Gasteiger partial charge in [0.2, 0.25) is 11.9 Å². The van der Waals surface area contributed by atoms with Gasteiger partial charge in [-0.2, -0.15) is 13.2 Å². The third-order valence-corrected chi connectivity index (χ3v) is 3.66. The van der Waals surface area contributed by atoms with Crippen molar-refractivity contribution in [2.24, 2.45) is 0 Å². The fourth-order valence-corrected chi connectivity index (χ4v) is 2.37. The van der Waals surface area contributed by atoms with Crippen LogP contribution in [0.3, 0.4) is 0 Å². The van der Waals surface area contributed by atoms with E-state index in [4.69, 9.17) is 0 Å². The number of amides is 2. The van der Waals surface area contributed by atoms with E-state index in [1.165, 1.54) is 9.80 Å². The first-order valence-electron chi connectivity index (χ1n) is 7.36. The van der Waals surface area contributed by atoms with E-state index in [0.717, 1.165) is 24.7 Å². The zero-order valence-electron chi connectivity index (χ0n) is 13.1. The number of halogens is 4. The summed E-state index contributed by atoms with van der Waals surface area (Å²) in [6.07, 6.45) is -1.94. The average Bonchev–Trinajstić information content (AvgIpc) is 2.61. The molecule has 11 heteroatoms. The zero-order valence-corrected chi connectivity index (χ0v) is 13.1. The Morgan fingerprint density at radius 3 is 2.27 bits per heavy atom. The van der Waals surface area contributed by atoms with Gasteiger partial charge in [0.1, 0.15) is 12.2 Å². The van der Waals surface area contributed by atoms with Crippen LogP contribution >= 0.6 is 0 Å². The van der Waals surface area contributed by atoms with Crippen LogP contribution in [0.25, 0.3) is 0 Å². The number of hydrogen-bond acceptors (Lipinski definition) is 5. The lowest BCUT2D eigenvalue weighted by molar-refractivity contribution is -0.141. The average molecular weight is 369 g/mol. The zero-order chi connectivity index (χ0) is 18.9. The van der Waals surface area contributed by atoms with E-state index in [-0.39, 0.29) is 31.1 Å². The molecular weight excluding hydrogens is 358 g/mol. The van der Waals surface area contributed by atoms with E-state index in [9.17, 15) is 27.2 Å². The normalized spacial score (nSPS) is 15.3. The van der Waals surface area contributed by atoms with E-state index < -0.39 is 29.5 Å². The Hall–Kier alpha value is -3.11. The van der Waals surface area contributed by atoms with Crippen molar-refractivity contribution in [3.63, 3.8) is 0 Å². The van der Waals surface area contributed by atoms with Gasteiger partial charge in [-0.05, 0) is 12.1 Å². The number of pyridine rings is 1. The molecule has 0 N–H and O–H groups in total. The highest BCUT2D eigenvalue weighted by Gasteiger charge is 2.33. The first kappa shape index (κ1) is 17.7. The Morgan fingerprint density at radius 2 is 1.73 bits per heavy atom. The molecule has 1 aliphatic heterocycles. The van der Waals surface area contributed by atoms with Crippen molar-refractivity contribution in [1.82, 2.24) is 19.9 Å². The van der Waals surface area contributed by atoms with Crippen molar-refractivity contribution in [3.8, 4) is 0 Å². The summed E-state index contributed by atoms with van der Waals surface area (Å²) < 4.78 is 50.4. The minimum Gasteiger partial charge on any atom is -0.327 e. The number of rotatable bonds is 2. The summed E-state index contributed by atoms with van der Waals surface area (Å²) in [6.45, 7) is -0.114. The fraction of sp³-hybridized carbons (Fsp3) is 0.267. The molecule has 0 saturated carbocycles. The van der Waals surface area contributed by atoms with Gasteiger partial charge < -0.3 is 4.90 Å². The van der Waals surface area contributed by atoms with Crippen LogP contribution in [0.1, 0.15) is 16.1 Å². The molecule has 0 unspecified atom stereocenters.